The highest BCUT2D eigenvalue weighted by atomic mass is 32.2. The Morgan fingerprint density at radius 2 is 1.94 bits per heavy atom. The Morgan fingerprint density at radius 3 is 2.44 bits per heavy atom. The fourth-order valence-corrected chi connectivity index (χ4v) is 2.02. The molecule has 0 aliphatic heterocycles. The van der Waals surface area contributed by atoms with Gasteiger partial charge in [-0.3, -0.25) is 8.98 Å². The van der Waals surface area contributed by atoms with Crippen LogP contribution in [-0.4, -0.2) is 39.7 Å². The van der Waals surface area contributed by atoms with Crippen LogP contribution in [0, 0.1) is 0 Å². The molecule has 5 nitrogen and oxygen atoms in total. The van der Waals surface area contributed by atoms with E-state index in [0.717, 1.165) is 6.26 Å². The molecule has 6 heteroatoms. The van der Waals surface area contributed by atoms with Crippen LogP contribution in [0.5, 0.6) is 0 Å². The van der Waals surface area contributed by atoms with Crippen LogP contribution < -0.4 is 5.32 Å². The fourth-order valence-electron chi connectivity index (χ4n) is 1.45. The molecule has 0 heterocycles. The van der Waals surface area contributed by atoms with E-state index in [1.54, 1.807) is 30.3 Å². The second-order valence-corrected chi connectivity index (χ2v) is 5.43. The van der Waals surface area contributed by atoms with Gasteiger partial charge in [-0.25, -0.2) is 0 Å². The van der Waals surface area contributed by atoms with Crippen molar-refractivity contribution in [1.82, 2.24) is 5.32 Å². The Bertz CT molecular complexity index is 484. The van der Waals surface area contributed by atoms with E-state index in [-0.39, 0.29) is 12.3 Å². The van der Waals surface area contributed by atoms with E-state index in [1.165, 1.54) is 0 Å². The molecule has 0 fully saturated rings. The number of nitrogens with one attached hydrogen (secondary N) is 1. The van der Waals surface area contributed by atoms with Gasteiger partial charge in [0.25, 0.3) is 10.1 Å². The average molecular weight is 271 g/mol. The second kappa shape index (κ2) is 6.63. The molecule has 18 heavy (non-hydrogen) atoms. The zero-order chi connectivity index (χ0) is 13.6. The van der Waals surface area contributed by atoms with Crippen molar-refractivity contribution in [3.05, 3.63) is 35.9 Å². The van der Waals surface area contributed by atoms with Crippen molar-refractivity contribution in [3.8, 4) is 0 Å². The number of carbonyl (C=O) groups is 1. The van der Waals surface area contributed by atoms with E-state index >= 15 is 0 Å². The number of rotatable bonds is 7. The largest absolute Gasteiger partial charge is 0.314 e. The van der Waals surface area contributed by atoms with E-state index < -0.39 is 16.2 Å². The summed E-state index contributed by atoms with van der Waals surface area (Å²) < 4.78 is 27.1. The lowest BCUT2D eigenvalue weighted by Crippen LogP contribution is -2.37. The summed E-state index contributed by atoms with van der Waals surface area (Å²) in [6.07, 6.45) is -0.0909. The van der Waals surface area contributed by atoms with E-state index in [4.69, 9.17) is 4.18 Å². The molecule has 1 N–H and O–H groups in total. The van der Waals surface area contributed by atoms with Crippen LogP contribution in [0.2, 0.25) is 0 Å². The molecule has 0 saturated carbocycles. The average Bonchev–Trinajstić information content (AvgIpc) is 2.33. The predicted octanol–water partition coefficient (Wildman–Crippen LogP) is 0.824. The first-order valence-electron chi connectivity index (χ1n) is 5.62. The summed E-state index contributed by atoms with van der Waals surface area (Å²) in [7, 11) is -3.67. The topological polar surface area (TPSA) is 72.5 Å². The quantitative estimate of drug-likeness (QED) is 0.587. The third-order valence-electron chi connectivity index (χ3n) is 2.22. The van der Waals surface area contributed by atoms with Gasteiger partial charge in [-0.1, -0.05) is 37.3 Å². The molecular formula is C12H17NO4S. The van der Waals surface area contributed by atoms with E-state index in [9.17, 15) is 13.2 Å². The van der Waals surface area contributed by atoms with Crippen LogP contribution in [0.3, 0.4) is 0 Å². The summed E-state index contributed by atoms with van der Waals surface area (Å²) in [5.41, 5.74) is 0.434. The number of hydrogen-bond acceptors (Lipinski definition) is 5. The molecular weight excluding hydrogens is 254 g/mol. The second-order valence-electron chi connectivity index (χ2n) is 3.83. The number of benzene rings is 1. The van der Waals surface area contributed by atoms with Crippen LogP contribution in [0.15, 0.2) is 30.3 Å². The summed E-state index contributed by atoms with van der Waals surface area (Å²) in [5, 5.41) is 2.91. The molecule has 1 unspecified atom stereocenters. The van der Waals surface area contributed by atoms with Crippen molar-refractivity contribution in [1.29, 1.82) is 0 Å². The molecule has 0 bridgehead atoms. The minimum absolute atomic E-state index is 0.164. The van der Waals surface area contributed by atoms with Crippen molar-refractivity contribution in [2.24, 2.45) is 0 Å². The smallest absolute Gasteiger partial charge is 0.265 e. The first-order chi connectivity index (χ1) is 8.44. The standard InChI is InChI=1S/C12H17NO4S/c1-3-13-9-11(17-18(2,15)16)12(14)10-7-5-4-6-8-10/h4-8,11,13H,3,9H2,1-2H3. The fraction of sp³-hybridized carbons (Fsp3) is 0.417. The van der Waals surface area contributed by atoms with Gasteiger partial charge in [-0.2, -0.15) is 8.42 Å². The lowest BCUT2D eigenvalue weighted by atomic mass is 10.1. The third kappa shape index (κ3) is 4.95. The zero-order valence-corrected chi connectivity index (χ0v) is 11.2. The van der Waals surface area contributed by atoms with E-state index in [1.807, 2.05) is 6.92 Å². The van der Waals surface area contributed by atoms with Crippen LogP contribution in [0.4, 0.5) is 0 Å². The molecule has 1 aromatic rings. The number of likely N-dealkylation sites (N-methyl/N-ethyl adjacent to an activating group) is 1. The van der Waals surface area contributed by atoms with Crippen molar-refractivity contribution in [3.63, 3.8) is 0 Å². The first kappa shape index (κ1) is 14.8. The summed E-state index contributed by atoms with van der Waals surface area (Å²) in [4.78, 5) is 12.1. The van der Waals surface area contributed by atoms with Gasteiger partial charge in [0, 0.05) is 12.1 Å². The molecule has 0 aromatic heterocycles. The van der Waals surface area contributed by atoms with Crippen molar-refractivity contribution in [2.75, 3.05) is 19.3 Å². The molecule has 1 aromatic carbocycles. The van der Waals surface area contributed by atoms with E-state index in [2.05, 4.69) is 5.32 Å². The maximum absolute atomic E-state index is 12.1. The maximum Gasteiger partial charge on any atom is 0.265 e. The monoisotopic (exact) mass is 271 g/mol. The molecule has 0 radical (unpaired) electrons. The number of hydrogen-bond donors (Lipinski definition) is 1. The van der Waals surface area contributed by atoms with Gasteiger partial charge >= 0.3 is 0 Å². The lowest BCUT2D eigenvalue weighted by Gasteiger charge is -2.15. The third-order valence-corrected chi connectivity index (χ3v) is 2.80. The highest BCUT2D eigenvalue weighted by Gasteiger charge is 2.24. The number of ketones is 1. The summed E-state index contributed by atoms with van der Waals surface area (Å²) in [6.45, 7) is 2.66. The van der Waals surface area contributed by atoms with Crippen LogP contribution in [-0.2, 0) is 14.3 Å². The van der Waals surface area contributed by atoms with Gasteiger partial charge in [0.1, 0.15) is 0 Å². The minimum Gasteiger partial charge on any atom is -0.314 e. The summed E-state index contributed by atoms with van der Waals surface area (Å²) in [5.74, 6) is -0.345. The van der Waals surface area contributed by atoms with Crippen LogP contribution in [0.1, 0.15) is 17.3 Å². The molecule has 1 rings (SSSR count). The van der Waals surface area contributed by atoms with Gasteiger partial charge in [-0.15, -0.1) is 0 Å². The Morgan fingerprint density at radius 1 is 1.33 bits per heavy atom. The van der Waals surface area contributed by atoms with Gasteiger partial charge < -0.3 is 5.32 Å². The molecule has 0 aliphatic rings. The van der Waals surface area contributed by atoms with Gasteiger partial charge in [0.2, 0.25) is 0 Å². The Kier molecular flexibility index (Phi) is 5.46. The van der Waals surface area contributed by atoms with Gasteiger partial charge in [-0.05, 0) is 6.54 Å². The maximum atomic E-state index is 12.1. The lowest BCUT2D eigenvalue weighted by molar-refractivity contribution is 0.0803. The highest BCUT2D eigenvalue weighted by Crippen LogP contribution is 2.08. The van der Waals surface area contributed by atoms with Crippen LogP contribution in [0.25, 0.3) is 0 Å². The number of Topliss-reactive ketones (excluding diaryl/α,β-unsaturated/α-hetero) is 1. The van der Waals surface area contributed by atoms with Crippen LogP contribution >= 0.6 is 0 Å². The van der Waals surface area contributed by atoms with Gasteiger partial charge in [0.15, 0.2) is 11.9 Å². The molecule has 1 atom stereocenters. The Balaban J connectivity index is 2.85. The highest BCUT2D eigenvalue weighted by molar-refractivity contribution is 7.86. The molecule has 0 aliphatic carbocycles. The molecule has 0 saturated heterocycles. The Hall–Kier alpha value is -1.24. The van der Waals surface area contributed by atoms with Crippen molar-refractivity contribution >= 4 is 15.9 Å². The number of carbonyl (C=O) groups excluding carboxylic acids is 1. The normalized spacial score (nSPS) is 13.2. The molecule has 0 amide bonds. The molecule has 0 spiro atoms. The minimum atomic E-state index is -3.67. The van der Waals surface area contributed by atoms with Gasteiger partial charge in [0.05, 0.1) is 6.26 Å². The SMILES string of the molecule is CCNCC(OS(C)(=O)=O)C(=O)c1ccccc1. The summed E-state index contributed by atoms with van der Waals surface area (Å²) in [6, 6.07) is 8.49. The van der Waals surface area contributed by atoms with E-state index in [0.29, 0.717) is 12.1 Å². The Labute approximate surface area is 107 Å². The van der Waals surface area contributed by atoms with Crippen molar-refractivity contribution in [2.45, 2.75) is 13.0 Å². The zero-order valence-electron chi connectivity index (χ0n) is 10.4. The predicted molar refractivity (Wildman–Crippen MR) is 69.0 cm³/mol. The first-order valence-corrected chi connectivity index (χ1v) is 7.44. The summed E-state index contributed by atoms with van der Waals surface area (Å²) >= 11 is 0. The molecule has 100 valence electrons. The van der Waals surface area contributed by atoms with Crippen molar-refractivity contribution < 1.29 is 17.4 Å².